The molecule has 0 fully saturated rings. The summed E-state index contributed by atoms with van der Waals surface area (Å²) < 4.78 is 0. The molecule has 0 aliphatic carbocycles. The van der Waals surface area contributed by atoms with Crippen LogP contribution in [0.2, 0.25) is 0 Å². The highest BCUT2D eigenvalue weighted by atomic mass is 35.5. The summed E-state index contributed by atoms with van der Waals surface area (Å²) in [5.74, 6) is 0.553. The van der Waals surface area contributed by atoms with Crippen LogP contribution in [0.3, 0.4) is 0 Å². The Balaban J connectivity index is 0. The molecule has 14 heavy (non-hydrogen) atoms. The van der Waals surface area contributed by atoms with Crippen molar-refractivity contribution < 1.29 is 4.79 Å². The van der Waals surface area contributed by atoms with Gasteiger partial charge in [-0.15, -0.1) is 12.4 Å². The quantitative estimate of drug-likeness (QED) is 0.400. The van der Waals surface area contributed by atoms with Crippen molar-refractivity contribution in [3.8, 4) is 0 Å². The molecule has 0 aromatic carbocycles. The van der Waals surface area contributed by atoms with E-state index in [0.29, 0.717) is 6.54 Å². The van der Waals surface area contributed by atoms with Gasteiger partial charge in [0.1, 0.15) is 5.78 Å². The monoisotopic (exact) mass is 221 g/mol. The van der Waals surface area contributed by atoms with Crippen LogP contribution in [0, 0.1) is 5.92 Å². The Hall–Kier alpha value is -0.770. The topological polar surface area (TPSA) is 81.5 Å². The predicted molar refractivity (Wildman–Crippen MR) is 61.6 cm³/mol. The van der Waals surface area contributed by atoms with E-state index >= 15 is 0 Å². The SMILES string of the molecule is CCC(CCCN=C(N)N)C(C)=O.Cl. The van der Waals surface area contributed by atoms with Gasteiger partial charge in [-0.05, 0) is 26.2 Å². The zero-order valence-electron chi connectivity index (χ0n) is 8.82. The van der Waals surface area contributed by atoms with Crippen LogP contribution in [0.4, 0.5) is 0 Å². The van der Waals surface area contributed by atoms with Gasteiger partial charge in [0.15, 0.2) is 5.96 Å². The molecule has 0 saturated carbocycles. The highest BCUT2D eigenvalue weighted by Gasteiger charge is 2.10. The van der Waals surface area contributed by atoms with Gasteiger partial charge in [0.25, 0.3) is 0 Å². The lowest BCUT2D eigenvalue weighted by molar-refractivity contribution is -0.121. The highest BCUT2D eigenvalue weighted by molar-refractivity contribution is 5.85. The third kappa shape index (κ3) is 7.86. The number of carbonyl (C=O) groups is 1. The number of carbonyl (C=O) groups excluding carboxylic acids is 1. The Labute approximate surface area is 91.5 Å². The Morgan fingerprint density at radius 3 is 2.36 bits per heavy atom. The summed E-state index contributed by atoms with van der Waals surface area (Å²) in [5.41, 5.74) is 10.3. The molecule has 1 atom stereocenters. The maximum atomic E-state index is 11.0. The number of hydrogen-bond donors (Lipinski definition) is 2. The van der Waals surface area contributed by atoms with Crippen LogP contribution in [0.25, 0.3) is 0 Å². The van der Waals surface area contributed by atoms with Crippen molar-refractivity contribution in [2.24, 2.45) is 22.4 Å². The van der Waals surface area contributed by atoms with Gasteiger partial charge in [-0.25, -0.2) is 0 Å². The average molecular weight is 222 g/mol. The van der Waals surface area contributed by atoms with Crippen LogP contribution in [0.15, 0.2) is 4.99 Å². The molecule has 0 amide bonds. The number of guanidine groups is 1. The van der Waals surface area contributed by atoms with E-state index in [4.69, 9.17) is 11.5 Å². The maximum Gasteiger partial charge on any atom is 0.185 e. The van der Waals surface area contributed by atoms with Crippen molar-refractivity contribution in [2.75, 3.05) is 6.54 Å². The Morgan fingerprint density at radius 2 is 2.00 bits per heavy atom. The summed E-state index contributed by atoms with van der Waals surface area (Å²) in [4.78, 5) is 14.9. The van der Waals surface area contributed by atoms with Crippen LogP contribution in [0.5, 0.6) is 0 Å². The van der Waals surface area contributed by atoms with Gasteiger partial charge >= 0.3 is 0 Å². The van der Waals surface area contributed by atoms with E-state index in [-0.39, 0.29) is 30.1 Å². The van der Waals surface area contributed by atoms with Crippen molar-refractivity contribution in [3.63, 3.8) is 0 Å². The summed E-state index contributed by atoms with van der Waals surface area (Å²) in [6.45, 7) is 4.27. The number of rotatable bonds is 6. The molecule has 0 saturated heterocycles. The number of Topliss-reactive ketones (excluding diaryl/α,β-unsaturated/α-hetero) is 1. The fourth-order valence-corrected chi connectivity index (χ4v) is 1.24. The molecule has 0 rings (SSSR count). The van der Waals surface area contributed by atoms with Crippen molar-refractivity contribution in [3.05, 3.63) is 0 Å². The Kier molecular flexibility index (Phi) is 9.88. The van der Waals surface area contributed by atoms with Gasteiger partial charge in [0.05, 0.1) is 0 Å². The minimum atomic E-state index is 0. The summed E-state index contributed by atoms with van der Waals surface area (Å²) in [5, 5.41) is 0. The molecule has 4 nitrogen and oxygen atoms in total. The Morgan fingerprint density at radius 1 is 1.43 bits per heavy atom. The van der Waals surface area contributed by atoms with Crippen LogP contribution >= 0.6 is 12.4 Å². The molecular weight excluding hydrogens is 202 g/mol. The summed E-state index contributed by atoms with van der Waals surface area (Å²) in [7, 11) is 0. The standard InChI is InChI=1S/C9H19N3O.ClH/c1-3-8(7(2)13)5-4-6-12-9(10)11;/h8H,3-6H2,1-2H3,(H4,10,11,12);1H. The van der Waals surface area contributed by atoms with E-state index in [9.17, 15) is 4.79 Å². The zero-order chi connectivity index (χ0) is 10.3. The van der Waals surface area contributed by atoms with Gasteiger partial charge in [0, 0.05) is 12.5 Å². The molecule has 0 aromatic heterocycles. The number of aliphatic imine (C=N–C) groups is 1. The second-order valence-electron chi connectivity index (χ2n) is 3.16. The van der Waals surface area contributed by atoms with Crippen LogP contribution in [-0.2, 0) is 4.79 Å². The minimum Gasteiger partial charge on any atom is -0.370 e. The molecule has 5 heteroatoms. The molecule has 0 heterocycles. The third-order valence-corrected chi connectivity index (χ3v) is 2.07. The number of nitrogens with zero attached hydrogens (tertiary/aromatic N) is 1. The first-order valence-electron chi connectivity index (χ1n) is 4.63. The lowest BCUT2D eigenvalue weighted by atomic mass is 9.96. The van der Waals surface area contributed by atoms with E-state index < -0.39 is 0 Å². The normalized spacial score (nSPS) is 11.3. The fourth-order valence-electron chi connectivity index (χ4n) is 1.24. The van der Waals surface area contributed by atoms with Crippen molar-refractivity contribution in [1.82, 2.24) is 0 Å². The summed E-state index contributed by atoms with van der Waals surface area (Å²) >= 11 is 0. The molecule has 0 aliphatic rings. The third-order valence-electron chi connectivity index (χ3n) is 2.07. The number of halogens is 1. The van der Waals surface area contributed by atoms with E-state index in [2.05, 4.69) is 4.99 Å². The molecule has 0 radical (unpaired) electrons. The van der Waals surface area contributed by atoms with Gasteiger partial charge < -0.3 is 11.5 Å². The molecule has 1 unspecified atom stereocenters. The molecule has 0 aliphatic heterocycles. The molecule has 0 bridgehead atoms. The van der Waals surface area contributed by atoms with Gasteiger partial charge in [-0.1, -0.05) is 6.92 Å². The van der Waals surface area contributed by atoms with E-state index in [1.54, 1.807) is 6.92 Å². The lowest BCUT2D eigenvalue weighted by Crippen LogP contribution is -2.23. The van der Waals surface area contributed by atoms with Crippen molar-refractivity contribution >= 4 is 24.1 Å². The number of ketones is 1. The van der Waals surface area contributed by atoms with Crippen molar-refractivity contribution in [2.45, 2.75) is 33.1 Å². The highest BCUT2D eigenvalue weighted by Crippen LogP contribution is 2.11. The first kappa shape index (κ1) is 15.7. The van der Waals surface area contributed by atoms with Crippen LogP contribution in [0.1, 0.15) is 33.1 Å². The Bertz CT molecular complexity index is 190. The maximum absolute atomic E-state index is 11.0. The smallest absolute Gasteiger partial charge is 0.185 e. The van der Waals surface area contributed by atoms with E-state index in [1.165, 1.54) is 0 Å². The molecule has 0 aromatic rings. The van der Waals surface area contributed by atoms with Gasteiger partial charge in [-0.2, -0.15) is 0 Å². The number of hydrogen-bond acceptors (Lipinski definition) is 2. The fraction of sp³-hybridized carbons (Fsp3) is 0.778. The largest absolute Gasteiger partial charge is 0.370 e. The summed E-state index contributed by atoms with van der Waals surface area (Å²) in [6, 6.07) is 0. The number of nitrogens with two attached hydrogens (primary N) is 2. The lowest BCUT2D eigenvalue weighted by Gasteiger charge is -2.08. The molecule has 84 valence electrons. The van der Waals surface area contributed by atoms with Gasteiger partial charge in [0.2, 0.25) is 0 Å². The van der Waals surface area contributed by atoms with Crippen LogP contribution in [-0.4, -0.2) is 18.3 Å². The average Bonchev–Trinajstić information content (AvgIpc) is 2.03. The second-order valence-corrected chi connectivity index (χ2v) is 3.16. The molecule has 4 N–H and O–H groups in total. The predicted octanol–water partition coefficient (Wildman–Crippen LogP) is 1.08. The van der Waals surface area contributed by atoms with Crippen LogP contribution < -0.4 is 11.5 Å². The first-order chi connectivity index (χ1) is 6.07. The van der Waals surface area contributed by atoms with E-state index in [1.807, 2.05) is 6.92 Å². The first-order valence-corrected chi connectivity index (χ1v) is 4.63. The summed E-state index contributed by atoms with van der Waals surface area (Å²) in [6.07, 6.45) is 2.65. The van der Waals surface area contributed by atoms with Crippen molar-refractivity contribution in [1.29, 1.82) is 0 Å². The van der Waals surface area contributed by atoms with E-state index in [0.717, 1.165) is 19.3 Å². The second kappa shape index (κ2) is 8.81. The minimum absolute atomic E-state index is 0. The zero-order valence-corrected chi connectivity index (χ0v) is 9.64. The molecular formula is C9H20ClN3O. The molecule has 0 spiro atoms. The van der Waals surface area contributed by atoms with Gasteiger partial charge in [-0.3, -0.25) is 9.79 Å².